The Bertz CT molecular complexity index is 497. The Morgan fingerprint density at radius 3 is 2.58 bits per heavy atom. The van der Waals surface area contributed by atoms with Crippen LogP contribution in [-0.2, 0) is 4.79 Å². The van der Waals surface area contributed by atoms with Crippen molar-refractivity contribution in [3.05, 3.63) is 33.3 Å². The molecule has 1 aromatic rings. The van der Waals surface area contributed by atoms with Crippen molar-refractivity contribution in [2.45, 2.75) is 26.3 Å². The van der Waals surface area contributed by atoms with Crippen molar-refractivity contribution in [2.24, 2.45) is 0 Å². The fraction of sp³-hybridized carbons (Fsp3) is 0.417. The van der Waals surface area contributed by atoms with Gasteiger partial charge in [-0.25, -0.2) is 0 Å². The van der Waals surface area contributed by atoms with Crippen molar-refractivity contribution < 1.29 is 9.72 Å². The van der Waals surface area contributed by atoms with Crippen molar-refractivity contribution in [1.29, 1.82) is 0 Å². The Morgan fingerprint density at radius 1 is 1.42 bits per heavy atom. The number of amides is 1. The van der Waals surface area contributed by atoms with E-state index in [0.29, 0.717) is 0 Å². The van der Waals surface area contributed by atoms with Gasteiger partial charge < -0.3 is 10.6 Å². The number of nitro benzene ring substituents is 1. The summed E-state index contributed by atoms with van der Waals surface area (Å²) in [5.74, 6) is -0.262. The maximum atomic E-state index is 11.6. The number of hydrogen-bond acceptors (Lipinski definition) is 4. The van der Waals surface area contributed by atoms with E-state index < -0.39 is 4.92 Å². The predicted octanol–water partition coefficient (Wildman–Crippen LogP) is 2.57. The van der Waals surface area contributed by atoms with Crippen molar-refractivity contribution >= 4 is 28.9 Å². The first kappa shape index (κ1) is 15.2. The lowest BCUT2D eigenvalue weighted by Gasteiger charge is -2.20. The highest BCUT2D eigenvalue weighted by Gasteiger charge is 2.18. The molecular formula is C12H16ClN3O3. The van der Waals surface area contributed by atoms with Crippen molar-refractivity contribution in [3.63, 3.8) is 0 Å². The lowest BCUT2D eigenvalue weighted by atomic mass is 10.1. The molecule has 0 aliphatic rings. The normalized spacial score (nSPS) is 10.9. The minimum absolute atomic E-state index is 0.0815. The number of nitro groups is 1. The number of hydrogen-bond donors (Lipinski definition) is 2. The SMILES string of the molecule is CC(C)(C)NC(=O)CNc1c(Cl)cccc1[N+](=O)[O-]. The Labute approximate surface area is 116 Å². The summed E-state index contributed by atoms with van der Waals surface area (Å²) in [6, 6.07) is 4.34. The highest BCUT2D eigenvalue weighted by atomic mass is 35.5. The molecule has 1 aromatic carbocycles. The molecule has 0 aliphatic heterocycles. The molecular weight excluding hydrogens is 270 g/mol. The summed E-state index contributed by atoms with van der Waals surface area (Å²) in [5.41, 5.74) is -0.361. The van der Waals surface area contributed by atoms with Gasteiger partial charge in [0.25, 0.3) is 5.69 Å². The van der Waals surface area contributed by atoms with Gasteiger partial charge in [0.1, 0.15) is 5.69 Å². The van der Waals surface area contributed by atoms with Crippen LogP contribution in [0.3, 0.4) is 0 Å². The fourth-order valence-electron chi connectivity index (χ4n) is 1.47. The van der Waals surface area contributed by atoms with E-state index in [1.165, 1.54) is 18.2 Å². The third kappa shape index (κ3) is 4.75. The smallest absolute Gasteiger partial charge is 0.293 e. The van der Waals surface area contributed by atoms with Crippen LogP contribution in [0.4, 0.5) is 11.4 Å². The minimum Gasteiger partial charge on any atom is -0.369 e. The number of para-hydroxylation sites is 1. The molecule has 7 heteroatoms. The van der Waals surface area contributed by atoms with Gasteiger partial charge in [0.15, 0.2) is 0 Å². The van der Waals surface area contributed by atoms with E-state index in [1.54, 1.807) is 0 Å². The number of halogens is 1. The van der Waals surface area contributed by atoms with E-state index in [0.717, 1.165) is 0 Å². The van der Waals surface area contributed by atoms with Crippen LogP contribution < -0.4 is 10.6 Å². The number of benzene rings is 1. The molecule has 19 heavy (non-hydrogen) atoms. The molecule has 0 radical (unpaired) electrons. The highest BCUT2D eigenvalue weighted by molar-refractivity contribution is 6.33. The lowest BCUT2D eigenvalue weighted by molar-refractivity contribution is -0.383. The number of carbonyl (C=O) groups is 1. The quantitative estimate of drug-likeness (QED) is 0.658. The first-order chi connectivity index (χ1) is 8.70. The molecule has 0 atom stereocenters. The second kappa shape index (κ2) is 5.88. The summed E-state index contributed by atoms with van der Waals surface area (Å²) in [6.45, 7) is 5.47. The standard InChI is InChI=1S/C12H16ClN3O3/c1-12(2,3)15-10(17)7-14-11-8(13)5-4-6-9(11)16(18)19/h4-6,14H,7H2,1-3H3,(H,15,17). The third-order valence-corrected chi connectivity index (χ3v) is 2.44. The van der Waals surface area contributed by atoms with Gasteiger partial charge in [-0.1, -0.05) is 17.7 Å². The number of nitrogens with zero attached hydrogens (tertiary/aromatic N) is 1. The molecule has 0 saturated heterocycles. The average Bonchev–Trinajstić information content (AvgIpc) is 2.24. The van der Waals surface area contributed by atoms with E-state index in [2.05, 4.69) is 10.6 Å². The molecule has 0 spiro atoms. The van der Waals surface area contributed by atoms with Gasteiger partial charge in [0.2, 0.25) is 5.91 Å². The van der Waals surface area contributed by atoms with Crippen LogP contribution in [0.1, 0.15) is 20.8 Å². The maximum Gasteiger partial charge on any atom is 0.293 e. The molecule has 0 fully saturated rings. The van der Waals surface area contributed by atoms with Crippen LogP contribution in [0.25, 0.3) is 0 Å². The Kier molecular flexibility index (Phi) is 4.72. The molecule has 0 aromatic heterocycles. The fourth-order valence-corrected chi connectivity index (χ4v) is 1.71. The largest absolute Gasteiger partial charge is 0.369 e. The molecule has 0 aliphatic carbocycles. The average molecular weight is 286 g/mol. The van der Waals surface area contributed by atoms with Crippen molar-refractivity contribution in [3.8, 4) is 0 Å². The zero-order valence-corrected chi connectivity index (χ0v) is 11.7. The lowest BCUT2D eigenvalue weighted by Crippen LogP contribution is -2.43. The second-order valence-electron chi connectivity index (χ2n) is 5.04. The molecule has 1 amide bonds. The predicted molar refractivity (Wildman–Crippen MR) is 74.5 cm³/mol. The molecule has 0 bridgehead atoms. The van der Waals surface area contributed by atoms with E-state index in [4.69, 9.17) is 11.6 Å². The molecule has 104 valence electrons. The van der Waals surface area contributed by atoms with Crippen molar-refractivity contribution in [2.75, 3.05) is 11.9 Å². The summed E-state index contributed by atoms with van der Waals surface area (Å²) < 4.78 is 0. The van der Waals surface area contributed by atoms with E-state index in [9.17, 15) is 14.9 Å². The number of rotatable bonds is 4. The highest BCUT2D eigenvalue weighted by Crippen LogP contribution is 2.31. The van der Waals surface area contributed by atoms with Crippen LogP contribution in [0.15, 0.2) is 18.2 Å². The Balaban J connectivity index is 2.78. The number of carbonyl (C=O) groups excluding carboxylic acids is 1. The van der Waals surface area contributed by atoms with Gasteiger partial charge in [-0.2, -0.15) is 0 Å². The molecule has 6 nitrogen and oxygen atoms in total. The minimum atomic E-state index is -0.546. The summed E-state index contributed by atoms with van der Waals surface area (Å²) >= 11 is 5.89. The number of nitrogens with one attached hydrogen (secondary N) is 2. The zero-order chi connectivity index (χ0) is 14.6. The first-order valence-corrected chi connectivity index (χ1v) is 6.06. The van der Waals surface area contributed by atoms with E-state index in [-0.39, 0.29) is 34.4 Å². The van der Waals surface area contributed by atoms with Gasteiger partial charge in [0, 0.05) is 11.6 Å². The number of anilines is 1. The van der Waals surface area contributed by atoms with Crippen molar-refractivity contribution in [1.82, 2.24) is 5.32 Å². The van der Waals surface area contributed by atoms with Gasteiger partial charge in [-0.15, -0.1) is 0 Å². The van der Waals surface area contributed by atoms with Gasteiger partial charge in [-0.3, -0.25) is 14.9 Å². The van der Waals surface area contributed by atoms with Gasteiger partial charge in [-0.05, 0) is 26.8 Å². The summed E-state index contributed by atoms with van der Waals surface area (Å²) in [7, 11) is 0. The molecule has 2 N–H and O–H groups in total. The van der Waals surface area contributed by atoms with Crippen LogP contribution >= 0.6 is 11.6 Å². The second-order valence-corrected chi connectivity index (χ2v) is 5.45. The molecule has 0 heterocycles. The monoisotopic (exact) mass is 285 g/mol. The summed E-state index contributed by atoms with van der Waals surface area (Å²) in [4.78, 5) is 21.9. The molecule has 0 saturated carbocycles. The maximum absolute atomic E-state index is 11.6. The summed E-state index contributed by atoms with van der Waals surface area (Å²) in [5, 5.41) is 16.5. The van der Waals surface area contributed by atoms with E-state index >= 15 is 0 Å². The van der Waals surface area contributed by atoms with Crippen LogP contribution in [0, 0.1) is 10.1 Å². The van der Waals surface area contributed by atoms with Gasteiger partial charge >= 0.3 is 0 Å². The first-order valence-electron chi connectivity index (χ1n) is 5.68. The zero-order valence-electron chi connectivity index (χ0n) is 11.0. The van der Waals surface area contributed by atoms with Gasteiger partial charge in [0.05, 0.1) is 16.5 Å². The Morgan fingerprint density at radius 2 is 2.05 bits per heavy atom. The molecule has 0 unspecified atom stereocenters. The Hall–Kier alpha value is -1.82. The van der Waals surface area contributed by atoms with E-state index in [1.807, 2.05) is 20.8 Å². The van der Waals surface area contributed by atoms with Crippen LogP contribution in [-0.4, -0.2) is 22.9 Å². The molecule has 1 rings (SSSR count). The topological polar surface area (TPSA) is 84.3 Å². The van der Waals surface area contributed by atoms with Crippen LogP contribution in [0.2, 0.25) is 5.02 Å². The summed E-state index contributed by atoms with van der Waals surface area (Å²) in [6.07, 6.45) is 0. The third-order valence-electron chi connectivity index (χ3n) is 2.13. The van der Waals surface area contributed by atoms with Crippen LogP contribution in [0.5, 0.6) is 0 Å².